The van der Waals surface area contributed by atoms with E-state index in [-0.39, 0.29) is 17.5 Å². The van der Waals surface area contributed by atoms with Gasteiger partial charge in [0.2, 0.25) is 5.95 Å². The number of hydrogen-bond acceptors (Lipinski definition) is 6. The molecule has 3 aromatic rings. The lowest BCUT2D eigenvalue weighted by Gasteiger charge is -2.10. The molecule has 7 nitrogen and oxygen atoms in total. The van der Waals surface area contributed by atoms with Gasteiger partial charge in [0.25, 0.3) is 5.91 Å². The molecule has 1 aromatic carbocycles. The van der Waals surface area contributed by atoms with Crippen LogP contribution in [0.2, 0.25) is 5.02 Å². The van der Waals surface area contributed by atoms with Crippen molar-refractivity contribution >= 4 is 35.0 Å². The number of rotatable bonds is 4. The van der Waals surface area contributed by atoms with Crippen LogP contribution in [-0.2, 0) is 0 Å². The van der Waals surface area contributed by atoms with Crippen LogP contribution in [0, 0.1) is 20.8 Å². The first-order valence-corrected chi connectivity index (χ1v) is 7.92. The first-order chi connectivity index (χ1) is 11.9. The number of carbonyl (C=O) groups is 1. The van der Waals surface area contributed by atoms with Gasteiger partial charge in [0.15, 0.2) is 5.82 Å². The zero-order valence-electron chi connectivity index (χ0n) is 13.9. The van der Waals surface area contributed by atoms with E-state index in [1.165, 1.54) is 0 Å². The van der Waals surface area contributed by atoms with Gasteiger partial charge in [0.05, 0.1) is 0 Å². The van der Waals surface area contributed by atoms with Gasteiger partial charge < -0.3 is 15.2 Å². The molecule has 0 aliphatic carbocycles. The molecule has 0 fully saturated rings. The third-order valence-electron chi connectivity index (χ3n) is 3.40. The monoisotopic (exact) mass is 357 g/mol. The lowest BCUT2D eigenvalue weighted by Crippen LogP contribution is -2.16. The number of carbonyl (C=O) groups excluding carboxylic acids is 1. The Labute approximate surface area is 149 Å². The van der Waals surface area contributed by atoms with Gasteiger partial charge in [-0.3, -0.25) is 4.79 Å². The maximum absolute atomic E-state index is 12.5. The summed E-state index contributed by atoms with van der Waals surface area (Å²) in [5.74, 6) is 1.04. The molecule has 2 aromatic heterocycles. The van der Waals surface area contributed by atoms with E-state index >= 15 is 0 Å². The maximum Gasteiger partial charge on any atom is 0.274 e. The van der Waals surface area contributed by atoms with Gasteiger partial charge in [-0.15, -0.1) is 0 Å². The summed E-state index contributed by atoms with van der Waals surface area (Å²) in [5, 5.41) is 10.1. The highest BCUT2D eigenvalue weighted by molar-refractivity contribution is 6.31. The third-order valence-corrected chi connectivity index (χ3v) is 3.64. The summed E-state index contributed by atoms with van der Waals surface area (Å²) in [5.41, 5.74) is 2.41. The average molecular weight is 358 g/mol. The van der Waals surface area contributed by atoms with Crippen molar-refractivity contribution in [3.05, 3.63) is 58.1 Å². The zero-order valence-corrected chi connectivity index (χ0v) is 14.7. The second kappa shape index (κ2) is 6.90. The largest absolute Gasteiger partial charge is 0.360 e. The first kappa shape index (κ1) is 16.9. The van der Waals surface area contributed by atoms with Crippen molar-refractivity contribution in [2.45, 2.75) is 20.8 Å². The van der Waals surface area contributed by atoms with Crippen LogP contribution < -0.4 is 10.6 Å². The molecule has 0 bridgehead atoms. The fraction of sp³-hybridized carbons (Fsp3) is 0.176. The predicted octanol–water partition coefficient (Wildman–Crippen LogP) is 4.04. The number of nitrogens with zero attached hydrogens (tertiary/aromatic N) is 3. The highest BCUT2D eigenvalue weighted by Crippen LogP contribution is 2.21. The molecule has 1 amide bonds. The van der Waals surface area contributed by atoms with Crippen LogP contribution in [0.15, 0.2) is 34.9 Å². The quantitative estimate of drug-likeness (QED) is 0.732. The Morgan fingerprint density at radius 1 is 1.12 bits per heavy atom. The number of amides is 1. The van der Waals surface area contributed by atoms with Crippen LogP contribution in [-0.4, -0.2) is 21.0 Å². The lowest BCUT2D eigenvalue weighted by atomic mass is 10.2. The summed E-state index contributed by atoms with van der Waals surface area (Å²) in [6, 6.07) is 8.61. The molecular formula is C17H16ClN5O2. The number of benzene rings is 1. The van der Waals surface area contributed by atoms with Crippen molar-refractivity contribution in [1.82, 2.24) is 15.1 Å². The smallest absolute Gasteiger partial charge is 0.274 e. The molecule has 8 heteroatoms. The Bertz CT molecular complexity index is 939. The van der Waals surface area contributed by atoms with Crippen LogP contribution in [0.25, 0.3) is 0 Å². The van der Waals surface area contributed by atoms with Crippen molar-refractivity contribution in [2.75, 3.05) is 10.6 Å². The summed E-state index contributed by atoms with van der Waals surface area (Å²) in [6.45, 7) is 5.45. The SMILES string of the molecule is Cc1cc(C(=O)Nc2cc(Cl)ccc2C)nc(Nc2cc(C)on2)n1. The predicted molar refractivity (Wildman–Crippen MR) is 95.4 cm³/mol. The fourth-order valence-electron chi connectivity index (χ4n) is 2.20. The van der Waals surface area contributed by atoms with E-state index in [9.17, 15) is 4.79 Å². The Kier molecular flexibility index (Phi) is 4.67. The van der Waals surface area contributed by atoms with Gasteiger partial charge in [0.1, 0.15) is 11.5 Å². The van der Waals surface area contributed by atoms with Crippen molar-refractivity contribution in [3.8, 4) is 0 Å². The molecular weight excluding hydrogens is 342 g/mol. The molecule has 25 heavy (non-hydrogen) atoms. The van der Waals surface area contributed by atoms with E-state index in [1.54, 1.807) is 38.1 Å². The number of halogens is 1. The highest BCUT2D eigenvalue weighted by Gasteiger charge is 2.13. The molecule has 0 spiro atoms. The molecule has 2 heterocycles. The molecule has 0 aliphatic rings. The molecule has 0 saturated carbocycles. The molecule has 0 unspecified atom stereocenters. The second-order valence-corrected chi connectivity index (χ2v) is 6.02. The van der Waals surface area contributed by atoms with Crippen LogP contribution in [0.1, 0.15) is 27.5 Å². The molecule has 2 N–H and O–H groups in total. The molecule has 0 atom stereocenters. The fourth-order valence-corrected chi connectivity index (χ4v) is 2.37. The van der Waals surface area contributed by atoms with Gasteiger partial charge in [-0.2, -0.15) is 0 Å². The van der Waals surface area contributed by atoms with Crippen LogP contribution in [0.4, 0.5) is 17.5 Å². The summed E-state index contributed by atoms with van der Waals surface area (Å²) in [6.07, 6.45) is 0. The molecule has 128 valence electrons. The maximum atomic E-state index is 12.5. The Morgan fingerprint density at radius 3 is 2.64 bits per heavy atom. The highest BCUT2D eigenvalue weighted by atomic mass is 35.5. The Hall–Kier alpha value is -2.93. The second-order valence-electron chi connectivity index (χ2n) is 5.58. The Balaban J connectivity index is 1.83. The molecule has 0 aliphatic heterocycles. The first-order valence-electron chi connectivity index (χ1n) is 7.54. The number of hydrogen-bond donors (Lipinski definition) is 2. The molecule has 0 saturated heterocycles. The van der Waals surface area contributed by atoms with Gasteiger partial charge in [0, 0.05) is 22.5 Å². The molecule has 3 rings (SSSR count). The minimum Gasteiger partial charge on any atom is -0.360 e. The van der Waals surface area contributed by atoms with Crippen molar-refractivity contribution in [1.29, 1.82) is 0 Å². The minimum atomic E-state index is -0.352. The number of aromatic nitrogens is 3. The molecule has 0 radical (unpaired) electrons. The van der Waals surface area contributed by atoms with Crippen LogP contribution >= 0.6 is 11.6 Å². The lowest BCUT2D eigenvalue weighted by molar-refractivity contribution is 0.102. The summed E-state index contributed by atoms with van der Waals surface area (Å²) >= 11 is 5.99. The van der Waals surface area contributed by atoms with Crippen molar-refractivity contribution in [2.24, 2.45) is 0 Å². The number of nitrogens with one attached hydrogen (secondary N) is 2. The van der Waals surface area contributed by atoms with Crippen LogP contribution in [0.3, 0.4) is 0 Å². The van der Waals surface area contributed by atoms with Crippen molar-refractivity contribution in [3.63, 3.8) is 0 Å². The Morgan fingerprint density at radius 2 is 1.92 bits per heavy atom. The van der Waals surface area contributed by atoms with Gasteiger partial charge in [-0.25, -0.2) is 9.97 Å². The van der Waals surface area contributed by atoms with Gasteiger partial charge >= 0.3 is 0 Å². The van der Waals surface area contributed by atoms with Gasteiger partial charge in [-0.05, 0) is 44.5 Å². The zero-order chi connectivity index (χ0) is 18.0. The van der Waals surface area contributed by atoms with E-state index in [0.717, 1.165) is 5.56 Å². The summed E-state index contributed by atoms with van der Waals surface area (Å²) in [7, 11) is 0. The van der Waals surface area contributed by atoms with E-state index < -0.39 is 0 Å². The summed E-state index contributed by atoms with van der Waals surface area (Å²) < 4.78 is 4.99. The third kappa shape index (κ3) is 4.13. The normalized spacial score (nSPS) is 10.6. The summed E-state index contributed by atoms with van der Waals surface area (Å²) in [4.78, 5) is 21.0. The minimum absolute atomic E-state index is 0.231. The van der Waals surface area contributed by atoms with Crippen LogP contribution in [0.5, 0.6) is 0 Å². The standard InChI is InChI=1S/C17H16ClN5O2/c1-9-4-5-12(18)8-13(9)20-16(24)14-6-10(2)19-17(21-14)22-15-7-11(3)25-23-15/h4-8H,1-3H3,(H,20,24)(H,19,21,22,23). The van der Waals surface area contributed by atoms with E-state index in [4.69, 9.17) is 16.1 Å². The topological polar surface area (TPSA) is 92.9 Å². The van der Waals surface area contributed by atoms with Crippen molar-refractivity contribution < 1.29 is 9.32 Å². The van der Waals surface area contributed by atoms with Gasteiger partial charge in [-0.1, -0.05) is 22.8 Å². The number of aryl methyl sites for hydroxylation is 3. The van der Waals surface area contributed by atoms with E-state index in [1.807, 2.05) is 13.0 Å². The average Bonchev–Trinajstić information content (AvgIpc) is 2.95. The number of anilines is 3. The van der Waals surface area contributed by atoms with E-state index in [2.05, 4.69) is 25.8 Å². The van der Waals surface area contributed by atoms with E-state index in [0.29, 0.717) is 28.0 Å².